The number of nitrogens with zero attached hydrogens (tertiary/aromatic N) is 1. The molecule has 1 aromatic carbocycles. The molecule has 0 radical (unpaired) electrons. The molecule has 1 aliphatic carbocycles. The highest BCUT2D eigenvalue weighted by Crippen LogP contribution is 2.42. The summed E-state index contributed by atoms with van der Waals surface area (Å²) >= 11 is 0. The molecule has 1 aliphatic heterocycles. The van der Waals surface area contributed by atoms with Gasteiger partial charge in [-0.2, -0.15) is 0 Å². The maximum absolute atomic E-state index is 5.91. The normalized spacial score (nSPS) is 27.1. The molecule has 0 spiro atoms. The van der Waals surface area contributed by atoms with E-state index in [1.54, 1.807) is 0 Å². The molecule has 4 nitrogen and oxygen atoms in total. The van der Waals surface area contributed by atoms with Crippen LogP contribution in [-0.2, 0) is 0 Å². The van der Waals surface area contributed by atoms with Crippen molar-refractivity contribution in [2.45, 2.75) is 24.9 Å². The van der Waals surface area contributed by atoms with Crippen molar-refractivity contribution in [1.29, 1.82) is 0 Å². The first-order valence-electron chi connectivity index (χ1n) is 6.46. The lowest BCUT2D eigenvalue weighted by molar-refractivity contribution is 0.123. The van der Waals surface area contributed by atoms with Gasteiger partial charge in [-0.1, -0.05) is 6.07 Å². The molecule has 1 fully saturated rings. The first kappa shape index (κ1) is 11.8. The van der Waals surface area contributed by atoms with Crippen molar-refractivity contribution < 1.29 is 9.47 Å². The molecule has 1 heterocycles. The van der Waals surface area contributed by atoms with E-state index in [4.69, 9.17) is 15.2 Å². The highest BCUT2D eigenvalue weighted by molar-refractivity contribution is 5.45. The number of ether oxygens (including phenoxy) is 2. The van der Waals surface area contributed by atoms with Crippen LogP contribution in [0.3, 0.4) is 0 Å². The summed E-state index contributed by atoms with van der Waals surface area (Å²) < 4.78 is 10.8. The zero-order chi connectivity index (χ0) is 12.7. The van der Waals surface area contributed by atoms with Gasteiger partial charge in [-0.05, 0) is 50.6 Å². The lowest BCUT2D eigenvalue weighted by Crippen LogP contribution is -2.43. The van der Waals surface area contributed by atoms with Crippen LogP contribution in [0.4, 0.5) is 0 Å². The van der Waals surface area contributed by atoms with Gasteiger partial charge in [0.1, 0.15) is 0 Å². The second kappa shape index (κ2) is 4.44. The van der Waals surface area contributed by atoms with Crippen LogP contribution in [0.25, 0.3) is 0 Å². The number of nitrogens with two attached hydrogens (primary N) is 1. The molecule has 3 rings (SSSR count). The van der Waals surface area contributed by atoms with Crippen LogP contribution in [0.15, 0.2) is 18.2 Å². The van der Waals surface area contributed by atoms with Crippen molar-refractivity contribution in [3.05, 3.63) is 23.8 Å². The van der Waals surface area contributed by atoms with Gasteiger partial charge in [0.2, 0.25) is 6.79 Å². The van der Waals surface area contributed by atoms with Gasteiger partial charge in [-0.15, -0.1) is 0 Å². The second-order valence-electron chi connectivity index (χ2n) is 5.51. The molecule has 1 atom stereocenters. The molecule has 0 bridgehead atoms. The second-order valence-corrected chi connectivity index (χ2v) is 5.51. The van der Waals surface area contributed by atoms with Gasteiger partial charge in [-0.3, -0.25) is 0 Å². The van der Waals surface area contributed by atoms with Crippen molar-refractivity contribution in [2.75, 3.05) is 20.9 Å². The Morgan fingerprint density at radius 1 is 1.22 bits per heavy atom. The van der Waals surface area contributed by atoms with E-state index in [2.05, 4.69) is 31.1 Å². The van der Waals surface area contributed by atoms with E-state index in [1.807, 2.05) is 6.07 Å². The third-order valence-corrected chi connectivity index (χ3v) is 3.95. The van der Waals surface area contributed by atoms with Gasteiger partial charge in [0.05, 0.1) is 0 Å². The van der Waals surface area contributed by atoms with E-state index in [1.165, 1.54) is 5.56 Å². The average Bonchev–Trinajstić information content (AvgIpc) is 2.73. The van der Waals surface area contributed by atoms with Crippen molar-refractivity contribution >= 4 is 0 Å². The summed E-state index contributed by atoms with van der Waals surface area (Å²) in [4.78, 5) is 2.27. The molecule has 0 amide bonds. The Bertz CT molecular complexity index is 441. The summed E-state index contributed by atoms with van der Waals surface area (Å²) in [6.45, 7) is 0.333. The molecule has 18 heavy (non-hydrogen) atoms. The van der Waals surface area contributed by atoms with Crippen LogP contribution in [-0.4, -0.2) is 31.8 Å². The number of fused-ring (bicyclic) bond motifs is 1. The van der Waals surface area contributed by atoms with Gasteiger partial charge in [-0.25, -0.2) is 0 Å². The van der Waals surface area contributed by atoms with E-state index in [0.717, 1.165) is 24.3 Å². The number of rotatable bonds is 3. The fourth-order valence-electron chi connectivity index (χ4n) is 3.06. The third-order valence-electron chi connectivity index (χ3n) is 3.95. The predicted molar refractivity (Wildman–Crippen MR) is 69.7 cm³/mol. The third kappa shape index (κ3) is 1.95. The Balaban J connectivity index is 1.86. The van der Waals surface area contributed by atoms with E-state index >= 15 is 0 Å². The largest absolute Gasteiger partial charge is 0.454 e. The first-order chi connectivity index (χ1) is 8.65. The molecule has 4 heteroatoms. The maximum Gasteiger partial charge on any atom is 0.231 e. The van der Waals surface area contributed by atoms with Gasteiger partial charge in [0.25, 0.3) is 0 Å². The molecule has 1 saturated carbocycles. The minimum Gasteiger partial charge on any atom is -0.454 e. The minimum atomic E-state index is 0.333. The molecule has 0 aromatic heterocycles. The zero-order valence-electron chi connectivity index (χ0n) is 10.9. The smallest absolute Gasteiger partial charge is 0.231 e. The molecular weight excluding hydrogens is 228 g/mol. The van der Waals surface area contributed by atoms with Crippen LogP contribution in [0.5, 0.6) is 11.5 Å². The Kier molecular flexibility index (Phi) is 2.92. The van der Waals surface area contributed by atoms with Crippen LogP contribution >= 0.6 is 0 Å². The number of benzene rings is 1. The fraction of sp³-hybridized carbons (Fsp3) is 0.571. The van der Waals surface area contributed by atoms with Gasteiger partial charge in [0.15, 0.2) is 11.5 Å². The van der Waals surface area contributed by atoms with Gasteiger partial charge >= 0.3 is 0 Å². The van der Waals surface area contributed by atoms with E-state index < -0.39 is 0 Å². The topological polar surface area (TPSA) is 47.7 Å². The molecule has 0 saturated heterocycles. The Morgan fingerprint density at radius 2 is 1.94 bits per heavy atom. The zero-order valence-corrected chi connectivity index (χ0v) is 10.9. The molecule has 2 N–H and O–H groups in total. The van der Waals surface area contributed by atoms with Crippen LogP contribution in [0.2, 0.25) is 0 Å². The molecule has 2 aliphatic rings. The predicted octanol–water partition coefficient (Wildman–Crippen LogP) is 1.76. The van der Waals surface area contributed by atoms with Crippen LogP contribution < -0.4 is 15.2 Å². The summed E-state index contributed by atoms with van der Waals surface area (Å²) in [5, 5.41) is 0. The van der Waals surface area contributed by atoms with Gasteiger partial charge in [0, 0.05) is 12.1 Å². The number of hydrogen-bond donors (Lipinski definition) is 1. The monoisotopic (exact) mass is 248 g/mol. The average molecular weight is 248 g/mol. The summed E-state index contributed by atoms with van der Waals surface area (Å²) in [7, 11) is 4.25. The number of hydrogen-bond acceptors (Lipinski definition) is 4. The summed E-state index contributed by atoms with van der Waals surface area (Å²) in [6, 6.07) is 7.05. The molecule has 1 unspecified atom stereocenters. The van der Waals surface area contributed by atoms with Crippen LogP contribution in [0.1, 0.15) is 24.4 Å². The van der Waals surface area contributed by atoms with Crippen LogP contribution in [0, 0.1) is 5.92 Å². The quantitative estimate of drug-likeness (QED) is 0.885. The Hall–Kier alpha value is -1.26. The Morgan fingerprint density at radius 3 is 2.61 bits per heavy atom. The van der Waals surface area contributed by atoms with E-state index in [9.17, 15) is 0 Å². The lowest BCUT2D eigenvalue weighted by atomic mass is 9.73. The summed E-state index contributed by atoms with van der Waals surface area (Å²) in [5.74, 6) is 2.36. The molecule has 1 aromatic rings. The van der Waals surface area contributed by atoms with Crippen molar-refractivity contribution in [3.63, 3.8) is 0 Å². The standard InChI is InChI=1S/C14H20N2O2/c1-16(2)14(10-5-11(15)6-10)9-3-4-12-13(7-9)18-8-17-12/h3-4,7,10-11,14H,5-6,8,15H2,1-2H3. The first-order valence-corrected chi connectivity index (χ1v) is 6.46. The van der Waals surface area contributed by atoms with Crippen molar-refractivity contribution in [3.8, 4) is 11.5 Å². The molecule has 98 valence electrons. The van der Waals surface area contributed by atoms with E-state index in [0.29, 0.717) is 24.8 Å². The van der Waals surface area contributed by atoms with Crippen molar-refractivity contribution in [2.24, 2.45) is 11.7 Å². The highest BCUT2D eigenvalue weighted by Gasteiger charge is 2.35. The van der Waals surface area contributed by atoms with E-state index in [-0.39, 0.29) is 0 Å². The highest BCUT2D eigenvalue weighted by atomic mass is 16.7. The Labute approximate surface area is 108 Å². The maximum atomic E-state index is 5.91. The minimum absolute atomic E-state index is 0.333. The lowest BCUT2D eigenvalue weighted by Gasteiger charge is -2.41. The fourth-order valence-corrected chi connectivity index (χ4v) is 3.06. The summed E-state index contributed by atoms with van der Waals surface area (Å²) in [5.41, 5.74) is 7.20. The summed E-state index contributed by atoms with van der Waals surface area (Å²) in [6.07, 6.45) is 2.22. The SMILES string of the molecule is CN(C)C(c1ccc2c(c1)OCO2)C1CC(N)C1. The van der Waals surface area contributed by atoms with Crippen molar-refractivity contribution in [1.82, 2.24) is 4.90 Å². The van der Waals surface area contributed by atoms with Gasteiger partial charge < -0.3 is 20.1 Å². The molecular formula is C14H20N2O2.